The van der Waals surface area contributed by atoms with Gasteiger partial charge in [-0.05, 0) is 24.2 Å². The zero-order valence-corrected chi connectivity index (χ0v) is 11.6. The van der Waals surface area contributed by atoms with Crippen LogP contribution in [-0.4, -0.2) is 32.5 Å². The summed E-state index contributed by atoms with van der Waals surface area (Å²) in [7, 11) is 1.75. The quantitative estimate of drug-likeness (QED) is 0.889. The van der Waals surface area contributed by atoms with Crippen LogP contribution < -0.4 is 5.32 Å². The number of nitrogens with one attached hydrogen (secondary N) is 1. The summed E-state index contributed by atoms with van der Waals surface area (Å²) in [4.78, 5) is 0. The van der Waals surface area contributed by atoms with E-state index in [1.807, 2.05) is 12.1 Å². The molecule has 1 unspecified atom stereocenters. The highest BCUT2D eigenvalue weighted by molar-refractivity contribution is 5.23. The number of benzene rings is 1. The van der Waals surface area contributed by atoms with Crippen LogP contribution >= 0.6 is 0 Å². The molecule has 0 saturated carbocycles. The Labute approximate surface area is 114 Å². The minimum atomic E-state index is -0.272. The summed E-state index contributed by atoms with van der Waals surface area (Å²) in [6, 6.07) is 6.73. The van der Waals surface area contributed by atoms with Gasteiger partial charge in [-0.15, -0.1) is 0 Å². The Balaban J connectivity index is 2.29. The second kappa shape index (κ2) is 6.46. The Bertz CT molecular complexity index is 388. The molecule has 19 heavy (non-hydrogen) atoms. The first-order valence-corrected chi connectivity index (χ1v) is 6.83. The van der Waals surface area contributed by atoms with Gasteiger partial charge in [-0.2, -0.15) is 0 Å². The Hall–Kier alpha value is -0.970. The lowest BCUT2D eigenvalue weighted by Gasteiger charge is -2.43. The van der Waals surface area contributed by atoms with Crippen LogP contribution in [0.3, 0.4) is 0 Å². The van der Waals surface area contributed by atoms with E-state index in [2.05, 4.69) is 12.2 Å². The number of halogens is 1. The third-order valence-electron chi connectivity index (χ3n) is 3.88. The van der Waals surface area contributed by atoms with Crippen LogP contribution in [0.25, 0.3) is 0 Å². The van der Waals surface area contributed by atoms with Gasteiger partial charge in [0.1, 0.15) is 5.82 Å². The number of hydrogen-bond acceptors (Lipinski definition) is 3. The van der Waals surface area contributed by atoms with Gasteiger partial charge in [-0.25, -0.2) is 4.39 Å². The zero-order valence-electron chi connectivity index (χ0n) is 11.6. The number of methoxy groups -OCH3 is 1. The average Bonchev–Trinajstić information content (AvgIpc) is 2.47. The van der Waals surface area contributed by atoms with Crippen LogP contribution in [0.15, 0.2) is 24.3 Å². The summed E-state index contributed by atoms with van der Waals surface area (Å²) in [5, 5.41) is 3.48. The maximum Gasteiger partial charge on any atom is 0.123 e. The molecule has 4 heteroatoms. The van der Waals surface area contributed by atoms with Gasteiger partial charge in [-0.1, -0.05) is 19.1 Å². The average molecular weight is 267 g/mol. The third kappa shape index (κ3) is 3.14. The first-order chi connectivity index (χ1) is 9.22. The van der Waals surface area contributed by atoms with Gasteiger partial charge >= 0.3 is 0 Å². The fraction of sp³-hybridized carbons (Fsp3) is 0.600. The van der Waals surface area contributed by atoms with E-state index in [0.29, 0.717) is 13.2 Å². The molecule has 0 amide bonds. The van der Waals surface area contributed by atoms with Crippen molar-refractivity contribution in [2.45, 2.75) is 31.4 Å². The van der Waals surface area contributed by atoms with Crippen molar-refractivity contribution in [1.29, 1.82) is 0 Å². The van der Waals surface area contributed by atoms with Gasteiger partial charge in [0.15, 0.2) is 0 Å². The smallest absolute Gasteiger partial charge is 0.123 e. The molecule has 0 bridgehead atoms. The predicted octanol–water partition coefficient (Wildman–Crippen LogP) is 2.67. The van der Waals surface area contributed by atoms with Crippen LogP contribution in [0.2, 0.25) is 0 Å². The first-order valence-electron chi connectivity index (χ1n) is 6.83. The van der Waals surface area contributed by atoms with E-state index in [9.17, 15) is 4.39 Å². The topological polar surface area (TPSA) is 30.5 Å². The van der Waals surface area contributed by atoms with E-state index in [4.69, 9.17) is 9.47 Å². The van der Waals surface area contributed by atoms with Crippen molar-refractivity contribution in [3.05, 3.63) is 35.6 Å². The molecule has 0 radical (unpaired) electrons. The summed E-state index contributed by atoms with van der Waals surface area (Å²) in [6.45, 7) is 4.32. The van der Waals surface area contributed by atoms with Crippen molar-refractivity contribution in [3.8, 4) is 0 Å². The molecule has 106 valence electrons. The second-order valence-electron chi connectivity index (χ2n) is 4.92. The molecule has 1 aliphatic rings. The lowest BCUT2D eigenvalue weighted by atomic mass is 9.82. The first kappa shape index (κ1) is 14.4. The van der Waals surface area contributed by atoms with E-state index < -0.39 is 0 Å². The Kier molecular flexibility index (Phi) is 4.91. The molecule has 1 heterocycles. The molecule has 1 atom stereocenters. The highest BCUT2D eigenvalue weighted by Crippen LogP contribution is 2.37. The summed E-state index contributed by atoms with van der Waals surface area (Å²) >= 11 is 0. The molecule has 0 aromatic heterocycles. The molecule has 0 aliphatic carbocycles. The number of ether oxygens (including phenoxy) is 2. The largest absolute Gasteiger partial charge is 0.381 e. The number of rotatable bonds is 5. The molecule has 1 aliphatic heterocycles. The lowest BCUT2D eigenvalue weighted by Crippen LogP contribution is -2.49. The monoisotopic (exact) mass is 267 g/mol. The fourth-order valence-electron chi connectivity index (χ4n) is 2.79. The summed E-state index contributed by atoms with van der Waals surface area (Å²) < 4.78 is 24.4. The molecule has 1 fully saturated rings. The molecular weight excluding hydrogens is 245 g/mol. The number of hydrogen-bond donors (Lipinski definition) is 1. The maximum atomic E-state index is 13.1. The molecule has 1 aromatic carbocycles. The minimum absolute atomic E-state index is 0.0620. The van der Waals surface area contributed by atoms with Gasteiger partial charge in [0, 0.05) is 33.2 Å². The number of likely N-dealkylation sites (N-methyl/N-ethyl adjacent to an activating group) is 1. The van der Waals surface area contributed by atoms with Crippen molar-refractivity contribution in [2.75, 3.05) is 26.9 Å². The van der Waals surface area contributed by atoms with Crippen molar-refractivity contribution < 1.29 is 13.9 Å². The Morgan fingerprint density at radius 1 is 1.32 bits per heavy atom. The highest BCUT2D eigenvalue weighted by atomic mass is 19.1. The SMILES string of the molecule is CCNC(c1ccc(F)cc1)C1(OC)CCOCC1. The molecule has 2 rings (SSSR count). The second-order valence-corrected chi connectivity index (χ2v) is 4.92. The van der Waals surface area contributed by atoms with Gasteiger partial charge in [0.05, 0.1) is 11.6 Å². The lowest BCUT2D eigenvalue weighted by molar-refractivity contribution is -0.111. The van der Waals surface area contributed by atoms with E-state index in [0.717, 1.165) is 24.9 Å². The van der Waals surface area contributed by atoms with Crippen LogP contribution in [-0.2, 0) is 9.47 Å². The van der Waals surface area contributed by atoms with E-state index in [1.165, 1.54) is 12.1 Å². The molecule has 1 N–H and O–H groups in total. The normalized spacial score (nSPS) is 20.2. The van der Waals surface area contributed by atoms with Crippen LogP contribution in [0.5, 0.6) is 0 Å². The van der Waals surface area contributed by atoms with Crippen LogP contribution in [0.1, 0.15) is 31.4 Å². The summed E-state index contributed by atoms with van der Waals surface area (Å²) in [5.74, 6) is -0.211. The Morgan fingerprint density at radius 3 is 2.47 bits per heavy atom. The standard InChI is InChI=1S/C15H22FNO2/c1-3-17-14(12-4-6-13(16)7-5-12)15(18-2)8-10-19-11-9-15/h4-7,14,17H,3,8-11H2,1-2H3. The van der Waals surface area contributed by atoms with Crippen molar-refractivity contribution in [2.24, 2.45) is 0 Å². The van der Waals surface area contributed by atoms with Crippen molar-refractivity contribution in [1.82, 2.24) is 5.32 Å². The third-order valence-corrected chi connectivity index (χ3v) is 3.88. The van der Waals surface area contributed by atoms with Crippen molar-refractivity contribution in [3.63, 3.8) is 0 Å². The molecular formula is C15H22FNO2. The van der Waals surface area contributed by atoms with E-state index in [-0.39, 0.29) is 17.5 Å². The van der Waals surface area contributed by atoms with Crippen molar-refractivity contribution >= 4 is 0 Å². The summed E-state index contributed by atoms with van der Waals surface area (Å²) in [5.41, 5.74) is 0.790. The van der Waals surface area contributed by atoms with Gasteiger partial charge in [-0.3, -0.25) is 0 Å². The van der Waals surface area contributed by atoms with Gasteiger partial charge < -0.3 is 14.8 Å². The van der Waals surface area contributed by atoms with Crippen LogP contribution in [0.4, 0.5) is 4.39 Å². The molecule has 0 spiro atoms. The molecule has 1 aromatic rings. The van der Waals surface area contributed by atoms with Crippen LogP contribution in [0, 0.1) is 5.82 Å². The van der Waals surface area contributed by atoms with E-state index >= 15 is 0 Å². The molecule has 1 saturated heterocycles. The van der Waals surface area contributed by atoms with Gasteiger partial charge in [0.2, 0.25) is 0 Å². The maximum absolute atomic E-state index is 13.1. The minimum Gasteiger partial charge on any atom is -0.381 e. The predicted molar refractivity (Wildman–Crippen MR) is 72.6 cm³/mol. The Morgan fingerprint density at radius 2 is 1.95 bits per heavy atom. The highest BCUT2D eigenvalue weighted by Gasteiger charge is 2.41. The van der Waals surface area contributed by atoms with Gasteiger partial charge in [0.25, 0.3) is 0 Å². The molecule has 3 nitrogen and oxygen atoms in total. The summed E-state index contributed by atoms with van der Waals surface area (Å²) in [6.07, 6.45) is 1.69. The zero-order chi connectivity index (χ0) is 13.7. The van der Waals surface area contributed by atoms with E-state index in [1.54, 1.807) is 7.11 Å². The fourth-order valence-corrected chi connectivity index (χ4v) is 2.79.